The molecule has 0 atom stereocenters. The van der Waals surface area contributed by atoms with E-state index in [1.54, 1.807) is 12.1 Å². The van der Waals surface area contributed by atoms with Gasteiger partial charge in [0.15, 0.2) is 0 Å². The van der Waals surface area contributed by atoms with Crippen LogP contribution in [-0.2, 0) is 12.8 Å². The van der Waals surface area contributed by atoms with Gasteiger partial charge in [-0.05, 0) is 37.0 Å². The maximum absolute atomic E-state index is 12.1. The molecule has 2 aromatic rings. The van der Waals surface area contributed by atoms with E-state index in [-0.39, 0.29) is 5.91 Å². The lowest BCUT2D eigenvalue weighted by atomic mass is 10.00. The lowest BCUT2D eigenvalue weighted by Crippen LogP contribution is -2.36. The Labute approximate surface area is 105 Å². The number of fused-ring (bicyclic) bond motifs is 2. The number of nitrogens with zero attached hydrogens (tertiary/aromatic N) is 2. The van der Waals surface area contributed by atoms with Gasteiger partial charge in [-0.25, -0.2) is 0 Å². The number of hydrogen-bond donors (Lipinski definition) is 1. The zero-order valence-corrected chi connectivity index (χ0v) is 10.2. The number of rotatable bonds is 0. The minimum absolute atomic E-state index is 0.00727. The van der Waals surface area contributed by atoms with Crippen LogP contribution >= 0.6 is 0 Å². The first kappa shape index (κ1) is 9.88. The predicted molar refractivity (Wildman–Crippen MR) is 69.5 cm³/mol. The van der Waals surface area contributed by atoms with Crippen molar-refractivity contribution < 1.29 is 4.79 Å². The van der Waals surface area contributed by atoms with Crippen LogP contribution in [0.4, 0.5) is 5.69 Å². The molecule has 4 nitrogen and oxygen atoms in total. The highest BCUT2D eigenvalue weighted by Crippen LogP contribution is 2.38. The van der Waals surface area contributed by atoms with E-state index in [9.17, 15) is 4.79 Å². The molecule has 1 amide bonds. The summed E-state index contributed by atoms with van der Waals surface area (Å²) in [6.07, 6.45) is 3.25. The van der Waals surface area contributed by atoms with Crippen LogP contribution in [0.3, 0.4) is 0 Å². The highest BCUT2D eigenvalue weighted by Gasteiger charge is 2.28. The number of aromatic nitrogens is 1. The Morgan fingerprint density at radius 2 is 2.22 bits per heavy atom. The van der Waals surface area contributed by atoms with Gasteiger partial charge in [-0.1, -0.05) is 6.07 Å². The van der Waals surface area contributed by atoms with Gasteiger partial charge in [0.2, 0.25) is 0 Å². The Bertz CT molecular complexity index is 693. The minimum Gasteiger partial charge on any atom is -0.295 e. The molecule has 0 spiro atoms. The molecule has 0 fully saturated rings. The second-order valence-corrected chi connectivity index (χ2v) is 4.94. The van der Waals surface area contributed by atoms with Crippen molar-refractivity contribution in [2.75, 3.05) is 12.5 Å². The van der Waals surface area contributed by atoms with Crippen LogP contribution in [0, 0.1) is 0 Å². The van der Waals surface area contributed by atoms with Crippen molar-refractivity contribution >= 4 is 22.5 Å². The van der Waals surface area contributed by atoms with E-state index in [1.165, 1.54) is 11.3 Å². The molecule has 2 heterocycles. The first-order chi connectivity index (χ1) is 8.75. The molecule has 18 heavy (non-hydrogen) atoms. The van der Waals surface area contributed by atoms with E-state index in [0.29, 0.717) is 0 Å². The number of carbonyl (C=O) groups excluding carboxylic acids is 1. The summed E-state index contributed by atoms with van der Waals surface area (Å²) in [5, 5.41) is 2.55. The third-order valence-electron chi connectivity index (χ3n) is 3.85. The molecule has 4 heteroatoms. The molecule has 2 aliphatic rings. The molecule has 90 valence electrons. The number of pyridine rings is 1. The average Bonchev–Trinajstić information content (AvgIpc) is 2.83. The van der Waals surface area contributed by atoms with Crippen LogP contribution in [-0.4, -0.2) is 22.9 Å². The molecule has 1 aromatic carbocycles. The second kappa shape index (κ2) is 3.22. The summed E-state index contributed by atoms with van der Waals surface area (Å²) in [6.45, 7) is 0. The third kappa shape index (κ3) is 1.10. The summed E-state index contributed by atoms with van der Waals surface area (Å²) >= 11 is 0. The summed E-state index contributed by atoms with van der Waals surface area (Å²) in [6, 6.07) is 5.78. The molecule has 1 N–H and O–H groups in total. The van der Waals surface area contributed by atoms with Crippen LogP contribution < -0.4 is 5.43 Å². The zero-order chi connectivity index (χ0) is 12.3. The minimum atomic E-state index is 0.00727. The van der Waals surface area contributed by atoms with E-state index in [4.69, 9.17) is 4.98 Å². The summed E-state index contributed by atoms with van der Waals surface area (Å²) < 4.78 is 0. The summed E-state index contributed by atoms with van der Waals surface area (Å²) in [5.74, 6) is 0.00727. The highest BCUT2D eigenvalue weighted by molar-refractivity contribution is 6.14. The summed E-state index contributed by atoms with van der Waals surface area (Å²) in [4.78, 5) is 16.8. The summed E-state index contributed by atoms with van der Waals surface area (Å²) in [7, 11) is 1.77. The van der Waals surface area contributed by atoms with Gasteiger partial charge in [0.05, 0.1) is 16.8 Å². The lowest BCUT2D eigenvalue weighted by molar-refractivity contribution is 0.0824. The maximum atomic E-state index is 12.1. The normalized spacial score (nSPS) is 16.9. The lowest BCUT2D eigenvalue weighted by Gasteiger charge is -2.28. The topological polar surface area (TPSA) is 45.2 Å². The number of hydrogen-bond acceptors (Lipinski definition) is 3. The molecular formula is C14H13N3O. The van der Waals surface area contributed by atoms with Crippen LogP contribution in [0.5, 0.6) is 0 Å². The Morgan fingerprint density at radius 3 is 3.11 bits per heavy atom. The molecule has 0 saturated heterocycles. The first-order valence-corrected chi connectivity index (χ1v) is 6.25. The Morgan fingerprint density at radius 1 is 1.33 bits per heavy atom. The van der Waals surface area contributed by atoms with Crippen molar-refractivity contribution in [1.29, 1.82) is 0 Å². The monoisotopic (exact) mass is 239 g/mol. The van der Waals surface area contributed by atoms with Gasteiger partial charge in [-0.15, -0.1) is 0 Å². The van der Waals surface area contributed by atoms with E-state index in [2.05, 4.69) is 5.43 Å². The van der Waals surface area contributed by atoms with E-state index < -0.39 is 0 Å². The highest BCUT2D eigenvalue weighted by atomic mass is 16.2. The van der Waals surface area contributed by atoms with Crippen LogP contribution in [0.25, 0.3) is 10.9 Å². The molecule has 0 bridgehead atoms. The zero-order valence-electron chi connectivity index (χ0n) is 10.2. The van der Waals surface area contributed by atoms with Crippen LogP contribution in [0.1, 0.15) is 28.0 Å². The van der Waals surface area contributed by atoms with E-state index in [1.807, 2.05) is 18.2 Å². The number of hydrazine groups is 1. The SMILES string of the molecule is CN1Nc2c3c(nc4cccc(c24)C1=O)CCC3. The second-order valence-electron chi connectivity index (χ2n) is 4.94. The number of nitrogens with one attached hydrogen (secondary N) is 1. The Kier molecular flexibility index (Phi) is 1.77. The summed E-state index contributed by atoms with van der Waals surface area (Å²) in [5.41, 5.74) is 8.46. The number of carbonyl (C=O) groups is 1. The number of amides is 1. The van der Waals surface area contributed by atoms with Crippen molar-refractivity contribution in [3.63, 3.8) is 0 Å². The van der Waals surface area contributed by atoms with Gasteiger partial charge in [0.1, 0.15) is 0 Å². The molecular weight excluding hydrogens is 226 g/mol. The van der Waals surface area contributed by atoms with Crippen LogP contribution in [0.2, 0.25) is 0 Å². The Balaban J connectivity index is 2.17. The van der Waals surface area contributed by atoms with Gasteiger partial charge in [0, 0.05) is 18.1 Å². The fourth-order valence-corrected chi connectivity index (χ4v) is 3.01. The predicted octanol–water partition coefficient (Wildman–Crippen LogP) is 2.14. The van der Waals surface area contributed by atoms with Crippen LogP contribution in [0.15, 0.2) is 18.2 Å². The smallest absolute Gasteiger partial charge is 0.272 e. The number of anilines is 1. The third-order valence-corrected chi connectivity index (χ3v) is 3.85. The Hall–Kier alpha value is -2.10. The molecule has 0 saturated carbocycles. The quantitative estimate of drug-likeness (QED) is 0.766. The van der Waals surface area contributed by atoms with E-state index >= 15 is 0 Å². The molecule has 0 radical (unpaired) electrons. The van der Waals surface area contributed by atoms with Crippen molar-refractivity contribution in [2.45, 2.75) is 19.3 Å². The van der Waals surface area contributed by atoms with Gasteiger partial charge in [0.25, 0.3) is 5.91 Å². The molecule has 1 aliphatic heterocycles. The van der Waals surface area contributed by atoms with Gasteiger partial charge >= 0.3 is 0 Å². The fourth-order valence-electron chi connectivity index (χ4n) is 3.01. The van der Waals surface area contributed by atoms with Crippen molar-refractivity contribution in [2.24, 2.45) is 0 Å². The van der Waals surface area contributed by atoms with Crippen molar-refractivity contribution in [1.82, 2.24) is 9.99 Å². The fraction of sp³-hybridized carbons (Fsp3) is 0.286. The number of aryl methyl sites for hydroxylation is 1. The average molecular weight is 239 g/mol. The van der Waals surface area contributed by atoms with Gasteiger partial charge in [-0.2, -0.15) is 0 Å². The maximum Gasteiger partial charge on any atom is 0.272 e. The van der Waals surface area contributed by atoms with Gasteiger partial charge in [-0.3, -0.25) is 20.2 Å². The first-order valence-electron chi connectivity index (χ1n) is 6.25. The molecule has 1 aliphatic carbocycles. The largest absolute Gasteiger partial charge is 0.295 e. The number of benzene rings is 1. The van der Waals surface area contributed by atoms with Crippen molar-refractivity contribution in [3.05, 3.63) is 35.0 Å². The van der Waals surface area contributed by atoms with Gasteiger partial charge < -0.3 is 0 Å². The standard InChI is InChI=1S/C14H13N3O/c1-17-14(18)9-5-3-7-11-12(9)13(16-17)8-4-2-6-10(8)15-11/h3,5,7,16H,2,4,6H2,1H3. The molecule has 0 unspecified atom stereocenters. The van der Waals surface area contributed by atoms with Crippen molar-refractivity contribution in [3.8, 4) is 0 Å². The molecule has 4 rings (SSSR count). The van der Waals surface area contributed by atoms with E-state index in [0.717, 1.165) is 41.4 Å². The molecule has 1 aromatic heterocycles.